The number of carboxylic acid groups (broad SMARTS) is 1. The van der Waals surface area contributed by atoms with Gasteiger partial charge in [0.1, 0.15) is 5.44 Å². The Balaban J connectivity index is 0.000000336. The van der Waals surface area contributed by atoms with Crippen LogP contribution in [-0.4, -0.2) is 21.6 Å². The Morgan fingerprint density at radius 1 is 1.47 bits per heavy atom. The molecule has 4 heteroatoms. The van der Waals surface area contributed by atoms with Gasteiger partial charge in [0.2, 0.25) is 0 Å². The van der Waals surface area contributed by atoms with Crippen molar-refractivity contribution < 1.29 is 15.0 Å². The van der Waals surface area contributed by atoms with E-state index >= 15 is 0 Å². The number of aliphatic carboxylic acids is 1. The summed E-state index contributed by atoms with van der Waals surface area (Å²) >= 11 is 1.45. The monoisotopic (exact) mass is 226 g/mol. The van der Waals surface area contributed by atoms with E-state index in [1.807, 2.05) is 30.3 Å². The third kappa shape index (κ3) is 9.05. The molecule has 0 aliphatic rings. The molecule has 3 nitrogen and oxygen atoms in total. The molecule has 0 saturated heterocycles. The smallest absolute Gasteiger partial charge is 0.327 e. The third-order valence-corrected chi connectivity index (χ3v) is 2.11. The summed E-state index contributed by atoms with van der Waals surface area (Å²) in [7, 11) is 0. The highest BCUT2D eigenvalue weighted by Gasteiger charge is 1.95. The van der Waals surface area contributed by atoms with Crippen LogP contribution in [0.25, 0.3) is 0 Å². The van der Waals surface area contributed by atoms with Crippen molar-refractivity contribution in [3.05, 3.63) is 43.0 Å². The number of carbonyl (C=O) groups is 1. The van der Waals surface area contributed by atoms with Crippen molar-refractivity contribution in [3.63, 3.8) is 0 Å². The van der Waals surface area contributed by atoms with Gasteiger partial charge in [-0.2, -0.15) is 0 Å². The first-order valence-corrected chi connectivity index (χ1v) is 5.19. The molecule has 1 aromatic carbocycles. The van der Waals surface area contributed by atoms with Crippen LogP contribution in [0.1, 0.15) is 6.92 Å². The summed E-state index contributed by atoms with van der Waals surface area (Å²) in [6.45, 7) is 4.72. The van der Waals surface area contributed by atoms with E-state index < -0.39 is 5.97 Å². The van der Waals surface area contributed by atoms with Crippen LogP contribution in [0.5, 0.6) is 0 Å². The van der Waals surface area contributed by atoms with Gasteiger partial charge in [0.15, 0.2) is 0 Å². The lowest BCUT2D eigenvalue weighted by atomic mass is 10.4. The minimum absolute atomic E-state index is 0.317. The molecule has 0 heterocycles. The fraction of sp³-hybridized carbons (Fsp3) is 0.182. The second-order valence-corrected chi connectivity index (χ2v) is 3.96. The van der Waals surface area contributed by atoms with E-state index in [2.05, 4.69) is 6.58 Å². The van der Waals surface area contributed by atoms with Crippen molar-refractivity contribution in [3.8, 4) is 0 Å². The summed E-state index contributed by atoms with van der Waals surface area (Å²) in [5.74, 6) is -0.981. The second kappa shape index (κ2) is 8.08. The number of aliphatic hydroxyl groups is 1. The van der Waals surface area contributed by atoms with Crippen molar-refractivity contribution in [2.75, 3.05) is 0 Å². The molecule has 0 bridgehead atoms. The van der Waals surface area contributed by atoms with Crippen LogP contribution < -0.4 is 0 Å². The highest BCUT2D eigenvalue weighted by molar-refractivity contribution is 7.99. The summed E-state index contributed by atoms with van der Waals surface area (Å²) < 4.78 is 0. The zero-order valence-electron chi connectivity index (χ0n) is 8.46. The van der Waals surface area contributed by atoms with E-state index in [-0.39, 0.29) is 5.44 Å². The molecule has 1 unspecified atom stereocenters. The molecule has 82 valence electrons. The van der Waals surface area contributed by atoms with Gasteiger partial charge in [-0.15, -0.1) is 0 Å². The van der Waals surface area contributed by atoms with Crippen LogP contribution in [0, 0.1) is 0 Å². The summed E-state index contributed by atoms with van der Waals surface area (Å²) in [6.07, 6.45) is 0.833. The van der Waals surface area contributed by atoms with Crippen molar-refractivity contribution in [2.45, 2.75) is 17.3 Å². The Morgan fingerprint density at radius 3 is 2.27 bits per heavy atom. The Morgan fingerprint density at radius 2 is 1.93 bits per heavy atom. The molecule has 0 fully saturated rings. The number of rotatable bonds is 3. The van der Waals surface area contributed by atoms with Gasteiger partial charge >= 0.3 is 5.97 Å². The van der Waals surface area contributed by atoms with Gasteiger partial charge in [-0.1, -0.05) is 36.5 Å². The van der Waals surface area contributed by atoms with Gasteiger partial charge < -0.3 is 10.2 Å². The molecular formula is C11H14O3S. The molecule has 2 N–H and O–H groups in total. The van der Waals surface area contributed by atoms with Gasteiger partial charge in [-0.05, 0) is 19.1 Å². The van der Waals surface area contributed by atoms with Gasteiger partial charge in [0, 0.05) is 11.0 Å². The quantitative estimate of drug-likeness (QED) is 0.472. The normalized spacial score (nSPS) is 10.8. The first kappa shape index (κ1) is 13.7. The molecule has 1 rings (SSSR count). The number of carboxylic acids is 1. The van der Waals surface area contributed by atoms with E-state index in [0.29, 0.717) is 0 Å². The van der Waals surface area contributed by atoms with E-state index in [9.17, 15) is 4.79 Å². The topological polar surface area (TPSA) is 57.5 Å². The maximum atomic E-state index is 9.25. The molecule has 0 spiro atoms. The molecule has 0 radical (unpaired) electrons. The highest BCUT2D eigenvalue weighted by atomic mass is 32.2. The Bertz CT molecular complexity index is 296. The fourth-order valence-electron chi connectivity index (χ4n) is 0.696. The average molecular weight is 226 g/mol. The lowest BCUT2D eigenvalue weighted by Gasteiger charge is -2.01. The van der Waals surface area contributed by atoms with Gasteiger partial charge in [0.25, 0.3) is 0 Å². The molecule has 0 aromatic heterocycles. The van der Waals surface area contributed by atoms with Gasteiger partial charge in [0.05, 0.1) is 0 Å². The predicted molar refractivity (Wildman–Crippen MR) is 61.8 cm³/mol. The van der Waals surface area contributed by atoms with E-state index in [0.717, 1.165) is 11.0 Å². The summed E-state index contributed by atoms with van der Waals surface area (Å²) in [5, 5.41) is 16.6. The predicted octanol–water partition coefficient (Wildman–Crippen LogP) is 2.37. The Labute approximate surface area is 93.4 Å². The van der Waals surface area contributed by atoms with E-state index in [4.69, 9.17) is 10.2 Å². The number of thioether (sulfide) groups is 1. The third-order valence-electron chi connectivity index (χ3n) is 1.22. The molecule has 0 amide bonds. The highest BCUT2D eigenvalue weighted by Crippen LogP contribution is 2.20. The molecule has 15 heavy (non-hydrogen) atoms. The molecule has 1 aromatic rings. The number of aliphatic hydroxyl groups excluding tert-OH is 1. The molecule has 1 atom stereocenters. The first-order valence-electron chi connectivity index (χ1n) is 4.31. The van der Waals surface area contributed by atoms with Crippen LogP contribution in [-0.2, 0) is 4.79 Å². The van der Waals surface area contributed by atoms with Gasteiger partial charge in [-0.25, -0.2) is 4.79 Å². The van der Waals surface area contributed by atoms with E-state index in [1.54, 1.807) is 6.92 Å². The minimum atomic E-state index is -0.981. The standard InChI is InChI=1S/C8H10OS.C3H4O2/c1-7(9)10-8-5-3-2-4-6-8;1-2-3(4)5/h2-7,9H,1H3;2H,1H2,(H,4,5). The van der Waals surface area contributed by atoms with Crippen LogP contribution >= 0.6 is 11.8 Å². The van der Waals surface area contributed by atoms with Crippen molar-refractivity contribution >= 4 is 17.7 Å². The zero-order chi connectivity index (χ0) is 11.7. The first-order chi connectivity index (χ1) is 7.06. The molecule has 0 saturated carbocycles. The van der Waals surface area contributed by atoms with Crippen molar-refractivity contribution in [1.82, 2.24) is 0 Å². The zero-order valence-corrected chi connectivity index (χ0v) is 9.28. The number of hydrogen-bond donors (Lipinski definition) is 2. The van der Waals surface area contributed by atoms with Crippen LogP contribution in [0.15, 0.2) is 47.9 Å². The van der Waals surface area contributed by atoms with Crippen LogP contribution in [0.2, 0.25) is 0 Å². The van der Waals surface area contributed by atoms with Gasteiger partial charge in [-0.3, -0.25) is 0 Å². The Hall–Kier alpha value is -1.26. The SMILES string of the molecule is C=CC(=O)O.CC(O)Sc1ccccc1. The largest absolute Gasteiger partial charge is 0.478 e. The number of benzene rings is 1. The Kier molecular flexibility index (Phi) is 7.40. The second-order valence-electron chi connectivity index (χ2n) is 2.57. The molecule has 0 aliphatic carbocycles. The fourth-order valence-corrected chi connectivity index (χ4v) is 1.40. The van der Waals surface area contributed by atoms with Crippen LogP contribution in [0.4, 0.5) is 0 Å². The van der Waals surface area contributed by atoms with Crippen molar-refractivity contribution in [1.29, 1.82) is 0 Å². The molecule has 0 aliphatic heterocycles. The van der Waals surface area contributed by atoms with Crippen LogP contribution in [0.3, 0.4) is 0 Å². The minimum Gasteiger partial charge on any atom is -0.478 e. The summed E-state index contributed by atoms with van der Waals surface area (Å²) in [6, 6.07) is 9.86. The lowest BCUT2D eigenvalue weighted by molar-refractivity contribution is -0.131. The summed E-state index contributed by atoms with van der Waals surface area (Å²) in [5.41, 5.74) is -0.317. The maximum Gasteiger partial charge on any atom is 0.327 e. The number of hydrogen-bond acceptors (Lipinski definition) is 3. The average Bonchev–Trinajstić information content (AvgIpc) is 2.19. The maximum absolute atomic E-state index is 9.25. The lowest BCUT2D eigenvalue weighted by Crippen LogP contribution is -1.89. The van der Waals surface area contributed by atoms with Crippen molar-refractivity contribution in [2.24, 2.45) is 0 Å². The molecular weight excluding hydrogens is 212 g/mol. The van der Waals surface area contributed by atoms with E-state index in [1.165, 1.54) is 11.8 Å². The summed E-state index contributed by atoms with van der Waals surface area (Å²) in [4.78, 5) is 10.4.